The summed E-state index contributed by atoms with van der Waals surface area (Å²) in [6, 6.07) is 1.00. The molecule has 0 aromatic rings. The largest absolute Gasteiger partial charge is 0.481 e. The van der Waals surface area contributed by atoms with Gasteiger partial charge in [0.2, 0.25) is 0 Å². The van der Waals surface area contributed by atoms with Crippen LogP contribution < -0.4 is 5.32 Å². The fourth-order valence-electron chi connectivity index (χ4n) is 2.49. The minimum Gasteiger partial charge on any atom is -0.481 e. The van der Waals surface area contributed by atoms with E-state index in [1.807, 2.05) is 0 Å². The first-order valence-corrected chi connectivity index (χ1v) is 7.17. The zero-order valence-electron chi connectivity index (χ0n) is 12.0. The van der Waals surface area contributed by atoms with Crippen molar-refractivity contribution in [2.45, 2.75) is 58.0 Å². The summed E-state index contributed by atoms with van der Waals surface area (Å²) in [6.45, 7) is 6.49. The van der Waals surface area contributed by atoms with Gasteiger partial charge in [-0.2, -0.15) is 0 Å². The van der Waals surface area contributed by atoms with Gasteiger partial charge in [0.15, 0.2) is 0 Å². The van der Waals surface area contributed by atoms with Crippen LogP contribution in [0, 0.1) is 5.92 Å². The Morgan fingerprint density at radius 1 is 1.44 bits per heavy atom. The van der Waals surface area contributed by atoms with Crippen LogP contribution in [0.1, 0.15) is 46.0 Å². The summed E-state index contributed by atoms with van der Waals surface area (Å²) in [5, 5.41) is 12.5. The summed E-state index contributed by atoms with van der Waals surface area (Å²) >= 11 is 0. The van der Waals surface area contributed by atoms with Crippen LogP contribution in [0.5, 0.6) is 0 Å². The van der Waals surface area contributed by atoms with E-state index in [1.165, 1.54) is 0 Å². The average Bonchev–Trinajstić information content (AvgIpc) is 2.34. The number of carboxylic acid groups (broad SMARTS) is 1. The van der Waals surface area contributed by atoms with Crippen LogP contribution in [0.15, 0.2) is 0 Å². The first-order chi connectivity index (χ1) is 8.50. The normalized spacial score (nSPS) is 24.7. The van der Waals surface area contributed by atoms with Crippen LogP contribution in [0.4, 0.5) is 0 Å². The molecule has 1 aliphatic carbocycles. The maximum atomic E-state index is 11.0. The molecular weight excluding hydrogens is 228 g/mol. The Morgan fingerprint density at radius 2 is 2.17 bits per heavy atom. The molecule has 1 aliphatic rings. The Labute approximate surface area is 111 Å². The summed E-state index contributed by atoms with van der Waals surface area (Å²) in [4.78, 5) is 13.3. The fourth-order valence-corrected chi connectivity index (χ4v) is 2.49. The first kappa shape index (κ1) is 15.4. The molecule has 2 N–H and O–H groups in total. The number of hydrogen-bond acceptors (Lipinski definition) is 3. The molecule has 0 aromatic carbocycles. The predicted octanol–water partition coefficient (Wildman–Crippen LogP) is 1.95. The molecule has 1 saturated carbocycles. The Morgan fingerprint density at radius 3 is 2.78 bits per heavy atom. The van der Waals surface area contributed by atoms with Crippen LogP contribution in [0.2, 0.25) is 0 Å². The van der Waals surface area contributed by atoms with E-state index in [-0.39, 0.29) is 5.92 Å². The molecular formula is C14H28N2O2. The van der Waals surface area contributed by atoms with Gasteiger partial charge in [0, 0.05) is 12.1 Å². The third-order valence-electron chi connectivity index (χ3n) is 4.03. The van der Waals surface area contributed by atoms with Gasteiger partial charge in [-0.25, -0.2) is 0 Å². The number of aliphatic carboxylic acids is 1. The van der Waals surface area contributed by atoms with Gasteiger partial charge in [0.25, 0.3) is 0 Å². The van der Waals surface area contributed by atoms with Gasteiger partial charge in [-0.3, -0.25) is 4.79 Å². The van der Waals surface area contributed by atoms with Gasteiger partial charge >= 0.3 is 5.97 Å². The third kappa shape index (κ3) is 5.36. The van der Waals surface area contributed by atoms with Gasteiger partial charge < -0.3 is 15.3 Å². The summed E-state index contributed by atoms with van der Waals surface area (Å²) < 4.78 is 0. The molecule has 1 rings (SSSR count). The van der Waals surface area contributed by atoms with Crippen molar-refractivity contribution in [2.75, 3.05) is 20.1 Å². The number of rotatable bonds is 7. The minimum absolute atomic E-state index is 0.130. The van der Waals surface area contributed by atoms with Gasteiger partial charge in [-0.05, 0) is 59.7 Å². The van der Waals surface area contributed by atoms with E-state index in [0.29, 0.717) is 12.1 Å². The topological polar surface area (TPSA) is 52.6 Å². The molecule has 4 nitrogen and oxygen atoms in total. The second-order valence-electron chi connectivity index (χ2n) is 5.78. The second-order valence-corrected chi connectivity index (χ2v) is 5.78. The number of carbonyl (C=O) groups is 1. The molecule has 0 bridgehead atoms. The molecule has 2 atom stereocenters. The van der Waals surface area contributed by atoms with Gasteiger partial charge in [-0.15, -0.1) is 0 Å². The lowest BCUT2D eigenvalue weighted by Crippen LogP contribution is -2.38. The molecule has 0 aliphatic heterocycles. The zero-order valence-corrected chi connectivity index (χ0v) is 12.0. The van der Waals surface area contributed by atoms with E-state index < -0.39 is 5.97 Å². The molecule has 18 heavy (non-hydrogen) atoms. The third-order valence-corrected chi connectivity index (χ3v) is 4.03. The maximum Gasteiger partial charge on any atom is 0.306 e. The summed E-state index contributed by atoms with van der Waals surface area (Å²) in [6.07, 6.45) is 4.95. The molecule has 0 spiro atoms. The highest BCUT2D eigenvalue weighted by Crippen LogP contribution is 2.24. The summed E-state index contributed by atoms with van der Waals surface area (Å²) in [5.41, 5.74) is 0. The van der Waals surface area contributed by atoms with Gasteiger partial charge in [0.05, 0.1) is 5.92 Å². The molecule has 2 unspecified atom stereocenters. The van der Waals surface area contributed by atoms with E-state index in [9.17, 15) is 4.79 Å². The first-order valence-electron chi connectivity index (χ1n) is 7.17. The lowest BCUT2D eigenvalue weighted by atomic mass is 9.86. The quantitative estimate of drug-likeness (QED) is 0.684. The van der Waals surface area contributed by atoms with E-state index in [4.69, 9.17) is 5.11 Å². The summed E-state index contributed by atoms with van der Waals surface area (Å²) in [7, 11) is 2.14. The monoisotopic (exact) mass is 256 g/mol. The van der Waals surface area contributed by atoms with Crippen LogP contribution in [0.3, 0.4) is 0 Å². The van der Waals surface area contributed by atoms with Crippen LogP contribution in [0.25, 0.3) is 0 Å². The van der Waals surface area contributed by atoms with E-state index in [1.54, 1.807) is 0 Å². The van der Waals surface area contributed by atoms with Crippen molar-refractivity contribution < 1.29 is 9.90 Å². The van der Waals surface area contributed by atoms with Crippen molar-refractivity contribution in [3.63, 3.8) is 0 Å². The highest BCUT2D eigenvalue weighted by molar-refractivity contribution is 5.70. The van der Waals surface area contributed by atoms with E-state index in [2.05, 4.69) is 31.1 Å². The molecule has 0 saturated heterocycles. The average molecular weight is 256 g/mol. The van der Waals surface area contributed by atoms with Crippen LogP contribution in [-0.4, -0.2) is 48.2 Å². The Kier molecular flexibility index (Phi) is 6.65. The number of carboxylic acids is 1. The van der Waals surface area contributed by atoms with Crippen molar-refractivity contribution in [3.05, 3.63) is 0 Å². The highest BCUT2D eigenvalue weighted by atomic mass is 16.4. The molecule has 106 valence electrons. The van der Waals surface area contributed by atoms with Crippen LogP contribution >= 0.6 is 0 Å². The molecule has 0 radical (unpaired) electrons. The standard InChI is InChI=1S/C14H28N2O2/c1-11(2)16(3)9-5-8-15-13-7-4-6-12(10-13)14(17)18/h11-13,15H,4-10H2,1-3H3,(H,17,18). The molecule has 1 fully saturated rings. The van der Waals surface area contributed by atoms with Crippen molar-refractivity contribution in [1.29, 1.82) is 0 Å². The Hall–Kier alpha value is -0.610. The van der Waals surface area contributed by atoms with Crippen molar-refractivity contribution >= 4 is 5.97 Å². The highest BCUT2D eigenvalue weighted by Gasteiger charge is 2.26. The number of nitrogens with zero attached hydrogens (tertiary/aromatic N) is 1. The Balaban J connectivity index is 2.13. The van der Waals surface area contributed by atoms with Crippen molar-refractivity contribution in [2.24, 2.45) is 5.92 Å². The minimum atomic E-state index is -0.624. The lowest BCUT2D eigenvalue weighted by Gasteiger charge is -2.28. The predicted molar refractivity (Wildman–Crippen MR) is 73.8 cm³/mol. The molecule has 0 amide bonds. The zero-order chi connectivity index (χ0) is 13.5. The van der Waals surface area contributed by atoms with Crippen molar-refractivity contribution in [1.82, 2.24) is 10.2 Å². The lowest BCUT2D eigenvalue weighted by molar-refractivity contribution is -0.143. The molecule has 4 heteroatoms. The molecule has 0 heterocycles. The van der Waals surface area contributed by atoms with Gasteiger partial charge in [-0.1, -0.05) is 6.42 Å². The van der Waals surface area contributed by atoms with Crippen molar-refractivity contribution in [3.8, 4) is 0 Å². The number of nitrogens with one attached hydrogen (secondary N) is 1. The SMILES string of the molecule is CC(C)N(C)CCCNC1CCCC(C(=O)O)C1. The Bertz CT molecular complexity index is 256. The molecule has 0 aromatic heterocycles. The maximum absolute atomic E-state index is 11.0. The smallest absolute Gasteiger partial charge is 0.306 e. The fraction of sp³-hybridized carbons (Fsp3) is 0.929. The van der Waals surface area contributed by atoms with Crippen LogP contribution in [-0.2, 0) is 4.79 Å². The van der Waals surface area contributed by atoms with E-state index in [0.717, 1.165) is 45.2 Å². The second kappa shape index (κ2) is 7.74. The summed E-state index contributed by atoms with van der Waals surface area (Å²) in [5.74, 6) is -0.754. The van der Waals surface area contributed by atoms with E-state index >= 15 is 0 Å². The van der Waals surface area contributed by atoms with Gasteiger partial charge in [0.1, 0.15) is 0 Å². The number of hydrogen-bond donors (Lipinski definition) is 2.